The molecule has 8 aromatic rings. The van der Waals surface area contributed by atoms with E-state index in [-0.39, 0.29) is 51.6 Å². The Bertz CT molecular complexity index is 3330. The van der Waals surface area contributed by atoms with Gasteiger partial charge in [0.05, 0.1) is 43.9 Å². The van der Waals surface area contributed by atoms with Gasteiger partial charge in [-0.25, -0.2) is 31.5 Å². The molecule has 2 aromatic heterocycles. The summed E-state index contributed by atoms with van der Waals surface area (Å²) in [7, 11) is -2.10. The summed E-state index contributed by atoms with van der Waals surface area (Å²) in [4.78, 5) is 40.5. The van der Waals surface area contributed by atoms with Crippen molar-refractivity contribution < 1.29 is 26.4 Å². The second-order valence-electron chi connectivity index (χ2n) is 18.8. The summed E-state index contributed by atoms with van der Waals surface area (Å²) < 4.78 is 51.6. The lowest BCUT2D eigenvalue weighted by Crippen LogP contribution is -2.41. The lowest BCUT2D eigenvalue weighted by Gasteiger charge is -2.29. The predicted octanol–water partition coefficient (Wildman–Crippen LogP) is 10.5. The minimum absolute atomic E-state index is 0.0339. The fourth-order valence-corrected chi connectivity index (χ4v) is 11.3. The van der Waals surface area contributed by atoms with Gasteiger partial charge < -0.3 is 26.3 Å². The van der Waals surface area contributed by atoms with Crippen LogP contribution in [0.25, 0.3) is 44.8 Å². The van der Waals surface area contributed by atoms with Gasteiger partial charge in [0.1, 0.15) is 11.6 Å². The van der Waals surface area contributed by atoms with E-state index in [0.717, 1.165) is 47.9 Å². The fourth-order valence-electron chi connectivity index (χ4n) is 9.22. The smallest absolute Gasteiger partial charge is 0.261 e. The molecule has 0 bridgehead atoms. The van der Waals surface area contributed by atoms with Crippen LogP contribution in [0.4, 0.5) is 0 Å². The van der Waals surface area contributed by atoms with Crippen molar-refractivity contribution in [1.29, 1.82) is 0 Å². The number of nitrogens with zero attached hydrogens (tertiary/aromatic N) is 2. The van der Waals surface area contributed by atoms with Gasteiger partial charge in [0, 0.05) is 45.7 Å². The van der Waals surface area contributed by atoms with Gasteiger partial charge >= 0.3 is 0 Å². The summed E-state index contributed by atoms with van der Waals surface area (Å²) in [5.74, 6) is 1.65. The van der Waals surface area contributed by atoms with E-state index >= 15 is 0 Å². The summed E-state index contributed by atoms with van der Waals surface area (Å²) in [5.41, 5.74) is 12.7. The van der Waals surface area contributed by atoms with Crippen molar-refractivity contribution in [1.82, 2.24) is 35.3 Å². The third-order valence-corrected chi connectivity index (χ3v) is 16.3. The molecule has 0 spiro atoms. The third-order valence-electron chi connectivity index (χ3n) is 13.5. The summed E-state index contributed by atoms with van der Waals surface area (Å²) >= 11 is 0. The lowest BCUT2D eigenvalue weighted by molar-refractivity contribution is -0.127. The summed E-state index contributed by atoms with van der Waals surface area (Å²) in [5, 5.41) is 6.20. The topological polar surface area (TPSA) is 222 Å². The number of hydrogen-bond acceptors (Lipinski definition) is 9. The number of aromatic nitrogens is 4. The average molecular weight is 1040 g/mol. The van der Waals surface area contributed by atoms with E-state index in [1.165, 1.54) is 12.1 Å². The maximum Gasteiger partial charge on any atom is 0.261 e. The standard InChI is InChI=1S/C28H30N4O3S.C15H22N2O.C13H9ClN2O2S/c1-19(20-8-4-2-5-9-20)29-28(33)22-12-14-23(15-13-22)32-36(34,35)24-16-17-25-26(18-24)31-27(30-25)21-10-6-3-7-11-21;1-11(12-5-3-2-4-6-12)17-15(18)13-7-9-14(16)10-8-13;14-19(17,18)10-6-7-11-12(8-10)16-13(15-11)9-4-2-1-3-5-9/h2-11,16-19,22-23,32H,12-15H2,1H3,(H,29,33)(H,30,31);2-6,11,13-14H,7-10,16H2,1H3,(H,17,18);1-8H,(H,15,16)/t19-,22?,23?;11-,13?,14?;/m11./s1. The molecule has 0 unspecified atom stereocenters. The highest BCUT2D eigenvalue weighted by atomic mass is 35.7. The molecule has 6 aromatic carbocycles. The number of halogens is 1. The number of nitrogens with two attached hydrogens (primary N) is 1. The Morgan fingerprint density at radius 3 is 1.36 bits per heavy atom. The Hall–Kier alpha value is -6.69. The van der Waals surface area contributed by atoms with Gasteiger partial charge in [-0.15, -0.1) is 0 Å². The number of imidazole rings is 2. The Labute approximate surface area is 431 Å². The lowest BCUT2D eigenvalue weighted by atomic mass is 9.85. The maximum absolute atomic E-state index is 13.1. The van der Waals surface area contributed by atoms with Crippen LogP contribution >= 0.6 is 10.7 Å². The second-order valence-corrected chi connectivity index (χ2v) is 23.0. The zero-order valence-electron chi connectivity index (χ0n) is 40.7. The average Bonchev–Trinajstić information content (AvgIpc) is 4.05. The minimum Gasteiger partial charge on any atom is -0.349 e. The van der Waals surface area contributed by atoms with E-state index in [1.807, 2.05) is 135 Å². The SMILES string of the molecule is C[C@@H](NC(=O)C1CCC(N)CC1)c1ccccc1.C[C@@H](NC(=O)C1CCC(NS(=O)(=O)c2ccc3nc(-c4ccccc4)[nH]c3c2)CC1)c1ccccc1.O=S(=O)(Cl)c1ccc2nc(-c3ccccc3)[nH]c2c1. The molecule has 73 heavy (non-hydrogen) atoms. The molecule has 2 fully saturated rings. The molecule has 2 aliphatic carbocycles. The van der Waals surface area contributed by atoms with Crippen LogP contribution in [0.15, 0.2) is 168 Å². The van der Waals surface area contributed by atoms with Crippen molar-refractivity contribution in [2.45, 2.75) is 99.2 Å². The highest BCUT2D eigenvalue weighted by Crippen LogP contribution is 2.29. The number of hydrogen-bond donors (Lipinski definition) is 6. The predicted molar refractivity (Wildman–Crippen MR) is 288 cm³/mol. The molecule has 17 heteroatoms. The zero-order valence-corrected chi connectivity index (χ0v) is 43.1. The number of aromatic amines is 2. The van der Waals surface area contributed by atoms with Crippen LogP contribution in [-0.4, -0.2) is 60.7 Å². The van der Waals surface area contributed by atoms with Crippen LogP contribution in [0, 0.1) is 11.8 Å². The maximum atomic E-state index is 13.1. The van der Waals surface area contributed by atoms with Crippen LogP contribution in [0.1, 0.15) is 88.4 Å². The van der Waals surface area contributed by atoms with Gasteiger partial charge in [-0.1, -0.05) is 121 Å². The van der Waals surface area contributed by atoms with Crippen molar-refractivity contribution in [3.8, 4) is 22.8 Å². The molecule has 7 N–H and O–H groups in total. The van der Waals surface area contributed by atoms with Crippen molar-refractivity contribution >= 4 is 63.6 Å². The normalized spacial score (nSPS) is 18.8. The molecule has 0 saturated heterocycles. The van der Waals surface area contributed by atoms with Crippen molar-refractivity contribution in [3.63, 3.8) is 0 Å². The quantitative estimate of drug-likeness (QED) is 0.0640. The van der Waals surface area contributed by atoms with Gasteiger partial charge in [0.15, 0.2) is 0 Å². The highest BCUT2D eigenvalue weighted by Gasteiger charge is 2.30. The van der Waals surface area contributed by atoms with Gasteiger partial charge in [0.2, 0.25) is 21.8 Å². The highest BCUT2D eigenvalue weighted by molar-refractivity contribution is 8.13. The Morgan fingerprint density at radius 2 is 0.932 bits per heavy atom. The molecule has 0 radical (unpaired) electrons. The molecular formula is C56H61ClN8O6S2. The second kappa shape index (κ2) is 23.9. The monoisotopic (exact) mass is 1040 g/mol. The van der Waals surface area contributed by atoms with Crippen molar-refractivity contribution in [2.75, 3.05) is 0 Å². The number of amides is 2. The van der Waals surface area contributed by atoms with Gasteiger partial charge in [-0.2, -0.15) is 0 Å². The molecule has 2 aliphatic rings. The van der Waals surface area contributed by atoms with Gasteiger partial charge in [0.25, 0.3) is 9.05 Å². The molecular weight excluding hydrogens is 980 g/mol. The van der Waals surface area contributed by atoms with E-state index in [1.54, 1.807) is 24.3 Å². The number of rotatable bonds is 12. The zero-order chi connectivity index (χ0) is 51.5. The largest absolute Gasteiger partial charge is 0.349 e. The number of carbonyl (C=O) groups is 2. The van der Waals surface area contributed by atoms with Crippen LogP contribution < -0.4 is 21.1 Å². The first-order valence-electron chi connectivity index (χ1n) is 24.6. The van der Waals surface area contributed by atoms with E-state index < -0.39 is 19.1 Å². The molecule has 2 atom stereocenters. The first kappa shape index (κ1) is 52.6. The van der Waals surface area contributed by atoms with Gasteiger partial charge in [-0.3, -0.25) is 9.59 Å². The molecule has 2 amide bonds. The first-order chi connectivity index (χ1) is 35.1. The summed E-state index contributed by atoms with van der Waals surface area (Å²) in [6, 6.07) is 48.9. The Morgan fingerprint density at radius 1 is 0.548 bits per heavy atom. The van der Waals surface area contributed by atoms with Gasteiger partial charge in [-0.05, 0) is 113 Å². The Kier molecular flexibility index (Phi) is 17.2. The molecule has 10 rings (SSSR count). The molecule has 0 aliphatic heterocycles. The number of carbonyl (C=O) groups excluding carboxylic acids is 2. The third kappa shape index (κ3) is 14.1. The van der Waals surface area contributed by atoms with Crippen LogP contribution in [0.2, 0.25) is 0 Å². The summed E-state index contributed by atoms with van der Waals surface area (Å²) in [6.45, 7) is 4.01. The number of nitrogens with one attached hydrogen (secondary N) is 5. The van der Waals surface area contributed by atoms with Crippen molar-refractivity contribution in [2.24, 2.45) is 17.6 Å². The summed E-state index contributed by atoms with van der Waals surface area (Å²) in [6.07, 6.45) is 6.35. The Balaban J connectivity index is 0.000000161. The molecule has 2 saturated carbocycles. The number of fused-ring (bicyclic) bond motifs is 2. The van der Waals surface area contributed by atoms with E-state index in [9.17, 15) is 26.4 Å². The van der Waals surface area contributed by atoms with Crippen LogP contribution in [0.5, 0.6) is 0 Å². The molecule has 14 nitrogen and oxygen atoms in total. The number of H-pyrrole nitrogens is 2. The van der Waals surface area contributed by atoms with E-state index in [2.05, 4.69) is 35.3 Å². The molecule has 380 valence electrons. The number of benzene rings is 6. The minimum atomic E-state index is -3.73. The first-order valence-corrected chi connectivity index (χ1v) is 28.4. The van der Waals surface area contributed by atoms with Crippen molar-refractivity contribution in [3.05, 3.63) is 169 Å². The van der Waals surface area contributed by atoms with Crippen LogP contribution in [-0.2, 0) is 28.7 Å². The number of sulfonamides is 1. The molecule has 2 heterocycles. The van der Waals surface area contributed by atoms with E-state index in [4.69, 9.17) is 16.4 Å². The fraction of sp³-hybridized carbons (Fsp3) is 0.286. The van der Waals surface area contributed by atoms with E-state index in [0.29, 0.717) is 65.4 Å². The van der Waals surface area contributed by atoms with Crippen LogP contribution in [0.3, 0.4) is 0 Å².